The van der Waals surface area contributed by atoms with Crippen LogP contribution >= 0.6 is 27.5 Å². The number of benzene rings is 1. The van der Waals surface area contributed by atoms with E-state index in [1.807, 2.05) is 6.92 Å². The summed E-state index contributed by atoms with van der Waals surface area (Å²) >= 11 is 9.18. The summed E-state index contributed by atoms with van der Waals surface area (Å²) in [5.41, 5.74) is 0.530. The molecule has 1 N–H and O–H groups in total. The molecule has 0 aliphatic rings. The lowest BCUT2D eigenvalue weighted by Crippen LogP contribution is -2.36. The lowest BCUT2D eigenvalue weighted by Gasteiger charge is -2.30. The predicted molar refractivity (Wildman–Crippen MR) is 81.2 cm³/mol. The average molecular weight is 353 g/mol. The van der Waals surface area contributed by atoms with Gasteiger partial charge in [-0.2, -0.15) is 0 Å². The van der Waals surface area contributed by atoms with Gasteiger partial charge >= 0.3 is 0 Å². The Labute approximate surface area is 127 Å². The van der Waals surface area contributed by atoms with Gasteiger partial charge in [-0.3, -0.25) is 0 Å². The monoisotopic (exact) mass is 351 g/mol. The maximum atomic E-state index is 14.3. The molecule has 2 atom stereocenters. The third kappa shape index (κ3) is 3.91. The van der Waals surface area contributed by atoms with Gasteiger partial charge in [-0.05, 0) is 41.9 Å². The molecule has 0 aromatic heterocycles. The molecular formula is C14H20BrClFNO. The van der Waals surface area contributed by atoms with E-state index in [0.29, 0.717) is 16.6 Å². The molecule has 0 aliphatic heterocycles. The molecule has 0 bridgehead atoms. The third-order valence-corrected chi connectivity index (χ3v) is 4.31. The summed E-state index contributed by atoms with van der Waals surface area (Å²) < 4.78 is 20.6. The lowest BCUT2D eigenvalue weighted by atomic mass is 9.93. The molecule has 0 saturated carbocycles. The number of ether oxygens (including phenoxy) is 1. The number of likely N-dealkylation sites (N-methyl/N-ethyl adjacent to an activating group) is 1. The molecule has 19 heavy (non-hydrogen) atoms. The van der Waals surface area contributed by atoms with Crippen molar-refractivity contribution >= 4 is 27.5 Å². The minimum Gasteiger partial charge on any atom is -0.376 e. The van der Waals surface area contributed by atoms with Crippen molar-refractivity contribution in [3.63, 3.8) is 0 Å². The number of halogens is 3. The molecule has 0 fully saturated rings. The maximum absolute atomic E-state index is 14.3. The minimum atomic E-state index is -0.402. The van der Waals surface area contributed by atoms with E-state index in [2.05, 4.69) is 35.1 Å². The van der Waals surface area contributed by atoms with Crippen LogP contribution in [-0.4, -0.2) is 19.8 Å². The van der Waals surface area contributed by atoms with E-state index in [0.717, 1.165) is 0 Å². The zero-order chi connectivity index (χ0) is 14.6. The van der Waals surface area contributed by atoms with Gasteiger partial charge in [-0.1, -0.05) is 31.5 Å². The summed E-state index contributed by atoms with van der Waals surface area (Å²) in [6.45, 7) is 6.64. The maximum Gasteiger partial charge on any atom is 0.147 e. The highest BCUT2D eigenvalue weighted by atomic mass is 79.9. The summed E-state index contributed by atoms with van der Waals surface area (Å²) in [5.74, 6) is -0.139. The van der Waals surface area contributed by atoms with Gasteiger partial charge in [0.15, 0.2) is 0 Å². The van der Waals surface area contributed by atoms with E-state index in [1.54, 1.807) is 19.2 Å². The van der Waals surface area contributed by atoms with Crippen molar-refractivity contribution in [2.24, 2.45) is 5.92 Å². The molecule has 0 aliphatic carbocycles. The Balaban J connectivity index is 3.18. The van der Waals surface area contributed by atoms with Gasteiger partial charge in [0.05, 0.1) is 17.2 Å². The van der Waals surface area contributed by atoms with Crippen molar-refractivity contribution in [2.45, 2.75) is 32.9 Å². The quantitative estimate of drug-likeness (QED) is 0.758. The molecule has 0 heterocycles. The molecule has 0 saturated heterocycles. The van der Waals surface area contributed by atoms with Crippen molar-refractivity contribution in [2.75, 3.05) is 13.7 Å². The van der Waals surface area contributed by atoms with Crippen LogP contribution in [0.4, 0.5) is 4.39 Å². The first-order chi connectivity index (χ1) is 8.93. The van der Waals surface area contributed by atoms with Crippen molar-refractivity contribution < 1.29 is 9.13 Å². The van der Waals surface area contributed by atoms with Gasteiger partial charge in [0, 0.05) is 16.6 Å². The Kier molecular flexibility index (Phi) is 6.74. The molecule has 108 valence electrons. The smallest absolute Gasteiger partial charge is 0.147 e. The molecule has 1 rings (SSSR count). The number of hydrogen-bond acceptors (Lipinski definition) is 2. The average Bonchev–Trinajstić information content (AvgIpc) is 2.37. The van der Waals surface area contributed by atoms with E-state index in [9.17, 15) is 4.39 Å². The van der Waals surface area contributed by atoms with Gasteiger partial charge in [0.25, 0.3) is 0 Å². The van der Waals surface area contributed by atoms with Crippen LogP contribution in [-0.2, 0) is 4.74 Å². The van der Waals surface area contributed by atoms with Crippen LogP contribution in [0, 0.1) is 11.7 Å². The van der Waals surface area contributed by atoms with E-state index in [1.165, 1.54) is 0 Å². The first kappa shape index (κ1) is 16.9. The van der Waals surface area contributed by atoms with Crippen molar-refractivity contribution in [3.8, 4) is 0 Å². The Hall–Kier alpha value is -0.160. The Morgan fingerprint density at radius 2 is 2.05 bits per heavy atom. The Bertz CT molecular complexity index is 428. The number of rotatable bonds is 6. The second kappa shape index (κ2) is 7.58. The van der Waals surface area contributed by atoms with Crippen molar-refractivity contribution in [3.05, 3.63) is 33.0 Å². The zero-order valence-electron chi connectivity index (χ0n) is 11.6. The highest BCUT2D eigenvalue weighted by Crippen LogP contribution is 2.33. The fourth-order valence-electron chi connectivity index (χ4n) is 2.14. The first-order valence-corrected chi connectivity index (χ1v) is 7.53. The SMILES string of the molecule is CCOC(C(C)C)C(NC)c1ccc(Br)c(Cl)c1F. The van der Waals surface area contributed by atoms with Gasteiger partial charge in [0.1, 0.15) is 5.82 Å². The molecule has 0 amide bonds. The minimum absolute atomic E-state index is 0.108. The molecule has 5 heteroatoms. The fraction of sp³-hybridized carbons (Fsp3) is 0.571. The molecule has 0 spiro atoms. The highest BCUT2D eigenvalue weighted by molar-refractivity contribution is 9.10. The second-order valence-corrected chi connectivity index (χ2v) is 5.93. The third-order valence-electron chi connectivity index (χ3n) is 3.06. The Morgan fingerprint density at radius 3 is 2.53 bits per heavy atom. The molecular weight excluding hydrogens is 333 g/mol. The lowest BCUT2D eigenvalue weighted by molar-refractivity contribution is 0.00381. The molecule has 0 radical (unpaired) electrons. The number of hydrogen-bond donors (Lipinski definition) is 1. The molecule has 2 nitrogen and oxygen atoms in total. The number of nitrogens with one attached hydrogen (secondary N) is 1. The van der Waals surface area contributed by atoms with Crippen LogP contribution in [0.2, 0.25) is 5.02 Å². The van der Waals surface area contributed by atoms with Gasteiger partial charge in [-0.15, -0.1) is 0 Å². The molecule has 1 aromatic rings. The van der Waals surface area contributed by atoms with Crippen molar-refractivity contribution in [1.82, 2.24) is 5.32 Å². The van der Waals surface area contributed by atoms with E-state index in [4.69, 9.17) is 16.3 Å². The van der Waals surface area contributed by atoms with Crippen LogP contribution < -0.4 is 5.32 Å². The van der Waals surface area contributed by atoms with Crippen LogP contribution in [0.5, 0.6) is 0 Å². The predicted octanol–water partition coefficient (Wildman–Crippen LogP) is 4.56. The zero-order valence-corrected chi connectivity index (χ0v) is 14.0. The van der Waals surface area contributed by atoms with Crippen LogP contribution in [0.25, 0.3) is 0 Å². The molecule has 2 unspecified atom stereocenters. The van der Waals surface area contributed by atoms with E-state index >= 15 is 0 Å². The highest BCUT2D eigenvalue weighted by Gasteiger charge is 2.28. The van der Waals surface area contributed by atoms with Crippen molar-refractivity contribution in [1.29, 1.82) is 0 Å². The van der Waals surface area contributed by atoms with Crippen LogP contribution in [0.15, 0.2) is 16.6 Å². The summed E-state index contributed by atoms with van der Waals surface area (Å²) in [5, 5.41) is 3.24. The summed E-state index contributed by atoms with van der Waals surface area (Å²) in [7, 11) is 1.80. The van der Waals surface area contributed by atoms with Gasteiger partial charge in [-0.25, -0.2) is 4.39 Å². The van der Waals surface area contributed by atoms with Crippen LogP contribution in [0.3, 0.4) is 0 Å². The van der Waals surface area contributed by atoms with Gasteiger partial charge in [0.2, 0.25) is 0 Å². The standard InChI is InChI=1S/C14H20BrClFNO/c1-5-19-14(8(2)3)13(18-4)9-6-7-10(15)11(16)12(9)17/h6-8,13-14,18H,5H2,1-4H3. The topological polar surface area (TPSA) is 21.3 Å². The van der Waals surface area contributed by atoms with E-state index < -0.39 is 5.82 Å². The second-order valence-electron chi connectivity index (χ2n) is 4.69. The summed E-state index contributed by atoms with van der Waals surface area (Å²) in [4.78, 5) is 0. The van der Waals surface area contributed by atoms with Crippen LogP contribution in [0.1, 0.15) is 32.4 Å². The largest absolute Gasteiger partial charge is 0.376 e. The first-order valence-electron chi connectivity index (χ1n) is 6.36. The normalized spacial score (nSPS) is 14.7. The van der Waals surface area contributed by atoms with Gasteiger partial charge < -0.3 is 10.1 Å². The summed E-state index contributed by atoms with van der Waals surface area (Å²) in [6, 6.07) is 3.26. The van der Waals surface area contributed by atoms with E-state index in [-0.39, 0.29) is 23.1 Å². The molecule has 1 aromatic carbocycles. The summed E-state index contributed by atoms with van der Waals surface area (Å²) in [6.07, 6.45) is -0.109. The Morgan fingerprint density at radius 1 is 1.42 bits per heavy atom. The fourth-order valence-corrected chi connectivity index (χ4v) is 2.62.